The summed E-state index contributed by atoms with van der Waals surface area (Å²) in [5.41, 5.74) is 1.34. The molecule has 2 amide bonds. The number of hydrogen-bond donors (Lipinski definition) is 1. The van der Waals surface area contributed by atoms with Gasteiger partial charge in [-0.05, 0) is 35.2 Å². The third-order valence-electron chi connectivity index (χ3n) is 6.93. The number of nitrogens with one attached hydrogen (secondary N) is 1. The number of anilines is 1. The highest BCUT2D eigenvalue weighted by atomic mass is 35.5. The summed E-state index contributed by atoms with van der Waals surface area (Å²) < 4.78 is 11.9. The van der Waals surface area contributed by atoms with Gasteiger partial charge in [-0.15, -0.1) is 0 Å². The molecule has 1 aromatic carbocycles. The van der Waals surface area contributed by atoms with E-state index in [4.69, 9.17) is 21.1 Å². The van der Waals surface area contributed by atoms with Crippen molar-refractivity contribution in [2.75, 3.05) is 58.5 Å². The first-order valence-corrected chi connectivity index (χ1v) is 13.6. The fourth-order valence-electron chi connectivity index (χ4n) is 4.87. The molecule has 0 saturated carbocycles. The number of aromatic nitrogens is 2. The van der Waals surface area contributed by atoms with E-state index in [0.29, 0.717) is 55.4 Å². The highest BCUT2D eigenvalue weighted by Crippen LogP contribution is 2.29. The summed E-state index contributed by atoms with van der Waals surface area (Å²) in [6.07, 6.45) is 1.61. The van der Waals surface area contributed by atoms with Crippen LogP contribution >= 0.6 is 11.6 Å². The van der Waals surface area contributed by atoms with Gasteiger partial charge in [-0.2, -0.15) is 0 Å². The van der Waals surface area contributed by atoms with Gasteiger partial charge in [0.25, 0.3) is 11.5 Å². The predicted molar refractivity (Wildman–Crippen MR) is 155 cm³/mol. The van der Waals surface area contributed by atoms with Crippen LogP contribution < -0.4 is 15.8 Å². The Bertz CT molecular complexity index is 1410. The minimum absolute atomic E-state index is 0.0424. The van der Waals surface area contributed by atoms with Crippen molar-refractivity contribution in [3.8, 4) is 0 Å². The van der Waals surface area contributed by atoms with Gasteiger partial charge in [-0.1, -0.05) is 37.6 Å². The van der Waals surface area contributed by atoms with Gasteiger partial charge in [0, 0.05) is 69.2 Å². The van der Waals surface area contributed by atoms with Gasteiger partial charge >= 0.3 is 0 Å². The average molecular weight is 570 g/mol. The minimum Gasteiger partial charge on any atom is -0.383 e. The molecule has 3 aromatic rings. The Balaban J connectivity index is 1.76. The topological polar surface area (TPSA) is 106 Å². The van der Waals surface area contributed by atoms with Crippen molar-refractivity contribution in [3.05, 3.63) is 69.1 Å². The summed E-state index contributed by atoms with van der Waals surface area (Å²) in [6.45, 7) is 7.43. The summed E-state index contributed by atoms with van der Waals surface area (Å²) in [4.78, 5) is 48.5. The smallest absolute Gasteiger partial charge is 0.265 e. The molecular weight excluding hydrogens is 534 g/mol. The highest BCUT2D eigenvalue weighted by Gasteiger charge is 2.37. The molecule has 40 heavy (non-hydrogen) atoms. The molecule has 1 saturated heterocycles. The number of methoxy groups -OCH3 is 2. The van der Waals surface area contributed by atoms with E-state index >= 15 is 0 Å². The monoisotopic (exact) mass is 569 g/mol. The van der Waals surface area contributed by atoms with E-state index in [2.05, 4.69) is 29.0 Å². The number of rotatable bonds is 12. The molecule has 0 atom stereocenters. The zero-order chi connectivity index (χ0) is 28.9. The van der Waals surface area contributed by atoms with Crippen molar-refractivity contribution < 1.29 is 19.1 Å². The van der Waals surface area contributed by atoms with Crippen LogP contribution in [0.2, 0.25) is 5.02 Å². The predicted octanol–water partition coefficient (Wildman–Crippen LogP) is 2.95. The van der Waals surface area contributed by atoms with Gasteiger partial charge in [0.2, 0.25) is 5.91 Å². The van der Waals surface area contributed by atoms with Crippen molar-refractivity contribution in [2.45, 2.75) is 26.9 Å². The Kier molecular flexibility index (Phi) is 9.44. The second-order valence-corrected chi connectivity index (χ2v) is 11.1. The minimum atomic E-state index is -0.570. The van der Waals surface area contributed by atoms with Crippen LogP contribution in [0.15, 0.2) is 47.4 Å². The van der Waals surface area contributed by atoms with E-state index in [1.807, 2.05) is 6.07 Å². The summed E-state index contributed by atoms with van der Waals surface area (Å²) in [5, 5.41) is 4.01. The normalized spacial score (nSPS) is 14.2. The maximum atomic E-state index is 13.7. The molecular formula is C29H36ClN5O5. The number of likely N-dealkylation sites (tertiary alicyclic amines) is 1. The van der Waals surface area contributed by atoms with Crippen LogP contribution in [0.3, 0.4) is 0 Å². The van der Waals surface area contributed by atoms with E-state index in [0.717, 1.165) is 11.3 Å². The molecule has 1 aliphatic rings. The van der Waals surface area contributed by atoms with Gasteiger partial charge in [-0.25, -0.2) is 4.98 Å². The van der Waals surface area contributed by atoms with Crippen LogP contribution in [-0.2, 0) is 27.4 Å². The molecule has 1 fully saturated rings. The van der Waals surface area contributed by atoms with Crippen LogP contribution in [0.5, 0.6) is 0 Å². The van der Waals surface area contributed by atoms with Crippen LogP contribution in [0.4, 0.5) is 5.69 Å². The van der Waals surface area contributed by atoms with Crippen LogP contribution in [-0.4, -0.2) is 79.9 Å². The first kappa shape index (κ1) is 29.5. The number of carbonyl (C=O) groups excluding carboxylic acids is 2. The Morgan fingerprint density at radius 3 is 2.33 bits per heavy atom. The van der Waals surface area contributed by atoms with E-state index in [-0.39, 0.29) is 30.0 Å². The quantitative estimate of drug-likeness (QED) is 0.357. The molecule has 1 N–H and O–H groups in total. The number of nitrogens with zero attached hydrogens (tertiary/aromatic N) is 4. The highest BCUT2D eigenvalue weighted by molar-refractivity contribution is 6.30. The van der Waals surface area contributed by atoms with Crippen molar-refractivity contribution in [1.82, 2.24) is 19.8 Å². The first-order chi connectivity index (χ1) is 19.1. The lowest BCUT2D eigenvalue weighted by molar-refractivity contribution is -0.142. The van der Waals surface area contributed by atoms with Crippen LogP contribution in [0.1, 0.15) is 29.8 Å². The molecule has 10 nitrogen and oxygen atoms in total. The summed E-state index contributed by atoms with van der Waals surface area (Å²) >= 11 is 5.97. The van der Waals surface area contributed by atoms with Crippen LogP contribution in [0, 0.1) is 5.41 Å². The van der Waals surface area contributed by atoms with Gasteiger partial charge < -0.3 is 24.6 Å². The number of amides is 2. The number of hydrogen-bond acceptors (Lipinski definition) is 7. The summed E-state index contributed by atoms with van der Waals surface area (Å²) in [7, 11) is 3.26. The lowest BCUT2D eigenvalue weighted by atomic mass is 9.84. The Hall–Kier alpha value is -3.47. The molecule has 0 unspecified atom stereocenters. The molecule has 0 radical (unpaired) electrons. The molecule has 11 heteroatoms. The van der Waals surface area contributed by atoms with E-state index in [1.54, 1.807) is 55.6 Å². The Labute approximate surface area is 238 Å². The second kappa shape index (κ2) is 12.8. The molecule has 0 bridgehead atoms. The summed E-state index contributed by atoms with van der Waals surface area (Å²) in [5.74, 6) is -0.729. The van der Waals surface area contributed by atoms with Crippen molar-refractivity contribution in [3.63, 3.8) is 0 Å². The molecule has 1 aliphatic heterocycles. The fraction of sp³-hybridized carbons (Fsp3) is 0.448. The van der Waals surface area contributed by atoms with Gasteiger partial charge in [0.15, 0.2) is 0 Å². The van der Waals surface area contributed by atoms with Crippen molar-refractivity contribution in [1.29, 1.82) is 0 Å². The SMILES string of the molecule is COCCN(CCOC)c1ccnc2c1cc(C(=O)NCc1ccc(Cl)cc1)c(=O)n2CC(=O)N1CC(C)(C)C1. The van der Waals surface area contributed by atoms with E-state index in [1.165, 1.54) is 4.57 Å². The number of benzene rings is 1. The maximum absolute atomic E-state index is 13.7. The van der Waals surface area contributed by atoms with Crippen molar-refractivity contribution >= 4 is 40.1 Å². The summed E-state index contributed by atoms with van der Waals surface area (Å²) in [6, 6.07) is 10.5. The molecule has 4 rings (SSSR count). The third-order valence-corrected chi connectivity index (χ3v) is 7.18. The number of carbonyl (C=O) groups is 2. The van der Waals surface area contributed by atoms with E-state index < -0.39 is 11.5 Å². The molecule has 3 heterocycles. The Morgan fingerprint density at radius 2 is 1.73 bits per heavy atom. The second-order valence-electron chi connectivity index (χ2n) is 10.7. The standard InChI is InChI=1S/C29H36ClN5O5/c1-29(2)18-34(19-29)25(36)17-35-26-22(24(9-10-31-26)33(11-13-39-3)12-14-40-4)15-23(28(35)38)27(37)32-16-20-5-7-21(30)8-6-20/h5-10,15H,11-14,16-19H2,1-4H3,(H,32,37). The Morgan fingerprint density at radius 1 is 1.07 bits per heavy atom. The third kappa shape index (κ3) is 6.80. The largest absolute Gasteiger partial charge is 0.383 e. The molecule has 0 spiro atoms. The number of fused-ring (bicyclic) bond motifs is 1. The zero-order valence-corrected chi connectivity index (χ0v) is 24.2. The lowest BCUT2D eigenvalue weighted by Crippen LogP contribution is -2.56. The fourth-order valence-corrected chi connectivity index (χ4v) is 5.00. The number of halogens is 1. The first-order valence-electron chi connectivity index (χ1n) is 13.2. The molecule has 214 valence electrons. The van der Waals surface area contributed by atoms with Gasteiger partial charge in [-0.3, -0.25) is 19.0 Å². The zero-order valence-electron chi connectivity index (χ0n) is 23.4. The molecule has 0 aliphatic carbocycles. The average Bonchev–Trinajstić information content (AvgIpc) is 2.92. The van der Waals surface area contributed by atoms with Gasteiger partial charge in [0.05, 0.1) is 13.2 Å². The lowest BCUT2D eigenvalue weighted by Gasteiger charge is -2.45. The number of pyridine rings is 2. The van der Waals surface area contributed by atoms with E-state index in [9.17, 15) is 14.4 Å². The van der Waals surface area contributed by atoms with Crippen molar-refractivity contribution in [2.24, 2.45) is 5.41 Å². The maximum Gasteiger partial charge on any atom is 0.265 e. The molecule has 2 aromatic heterocycles. The van der Waals surface area contributed by atoms with Crippen LogP contribution in [0.25, 0.3) is 11.0 Å². The number of ether oxygens (including phenoxy) is 2. The van der Waals surface area contributed by atoms with Gasteiger partial charge in [0.1, 0.15) is 17.8 Å².